The lowest BCUT2D eigenvalue weighted by molar-refractivity contribution is 0.0697. The van der Waals surface area contributed by atoms with Gasteiger partial charge in [-0.15, -0.1) is 0 Å². The average Bonchev–Trinajstić information content (AvgIpc) is 2.68. The number of anilines is 2. The lowest BCUT2D eigenvalue weighted by Gasteiger charge is -2.11. The minimum absolute atomic E-state index is 0.0286. The van der Waals surface area contributed by atoms with Crippen LogP contribution in [0.25, 0.3) is 0 Å². The van der Waals surface area contributed by atoms with Crippen LogP contribution in [0.1, 0.15) is 36.6 Å². The zero-order valence-corrected chi connectivity index (χ0v) is 16.2. The SMILES string of the molecule is Cc1ccccc1C(=O)Nc1ccc(C(=O)Nc2ccccc2C(=O)O)c(Cl)c1. The molecule has 7 heteroatoms. The summed E-state index contributed by atoms with van der Waals surface area (Å²) < 4.78 is 0. The van der Waals surface area contributed by atoms with Gasteiger partial charge in [-0.1, -0.05) is 41.9 Å². The van der Waals surface area contributed by atoms with Crippen molar-refractivity contribution in [3.05, 3.63) is 94.0 Å². The smallest absolute Gasteiger partial charge is 0.337 e. The van der Waals surface area contributed by atoms with Gasteiger partial charge < -0.3 is 15.7 Å². The summed E-state index contributed by atoms with van der Waals surface area (Å²) in [7, 11) is 0. The number of hydrogen-bond acceptors (Lipinski definition) is 3. The largest absolute Gasteiger partial charge is 0.478 e. The molecule has 0 saturated carbocycles. The van der Waals surface area contributed by atoms with E-state index in [0.29, 0.717) is 11.3 Å². The Hall–Kier alpha value is -3.64. The number of aromatic carboxylic acids is 1. The fourth-order valence-electron chi connectivity index (χ4n) is 2.77. The van der Waals surface area contributed by atoms with Gasteiger partial charge in [0.2, 0.25) is 0 Å². The van der Waals surface area contributed by atoms with Gasteiger partial charge in [0.25, 0.3) is 11.8 Å². The third-order valence-electron chi connectivity index (χ3n) is 4.27. The Labute approximate surface area is 172 Å². The fourth-order valence-corrected chi connectivity index (χ4v) is 3.04. The van der Waals surface area contributed by atoms with E-state index >= 15 is 0 Å². The number of rotatable bonds is 5. The third-order valence-corrected chi connectivity index (χ3v) is 4.58. The molecular weight excluding hydrogens is 392 g/mol. The second kappa shape index (κ2) is 8.58. The summed E-state index contributed by atoms with van der Waals surface area (Å²) >= 11 is 6.23. The fraction of sp³-hybridized carbons (Fsp3) is 0.0455. The van der Waals surface area contributed by atoms with Gasteiger partial charge >= 0.3 is 5.97 Å². The Balaban J connectivity index is 1.78. The maximum absolute atomic E-state index is 12.5. The Morgan fingerprint density at radius 3 is 2.07 bits per heavy atom. The molecule has 3 rings (SSSR count). The van der Waals surface area contributed by atoms with Crippen molar-refractivity contribution in [2.24, 2.45) is 0 Å². The summed E-state index contributed by atoms with van der Waals surface area (Å²) in [4.78, 5) is 36.2. The first-order valence-electron chi connectivity index (χ1n) is 8.67. The van der Waals surface area contributed by atoms with Crippen LogP contribution >= 0.6 is 11.6 Å². The number of amides is 2. The lowest BCUT2D eigenvalue weighted by atomic mass is 10.1. The first kappa shape index (κ1) is 20.1. The van der Waals surface area contributed by atoms with Crippen LogP contribution in [0, 0.1) is 6.92 Å². The van der Waals surface area contributed by atoms with Crippen LogP contribution < -0.4 is 10.6 Å². The van der Waals surface area contributed by atoms with Crippen LogP contribution in [0.2, 0.25) is 5.02 Å². The topological polar surface area (TPSA) is 95.5 Å². The van der Waals surface area contributed by atoms with Gasteiger partial charge in [-0.2, -0.15) is 0 Å². The molecule has 0 saturated heterocycles. The van der Waals surface area contributed by atoms with Crippen molar-refractivity contribution >= 4 is 40.8 Å². The second-order valence-corrected chi connectivity index (χ2v) is 6.68. The molecule has 0 aromatic heterocycles. The summed E-state index contributed by atoms with van der Waals surface area (Å²) in [5.41, 5.74) is 2.10. The predicted molar refractivity (Wildman–Crippen MR) is 112 cm³/mol. The van der Waals surface area contributed by atoms with E-state index in [0.717, 1.165) is 5.56 Å². The van der Waals surface area contributed by atoms with Crippen molar-refractivity contribution in [3.8, 4) is 0 Å². The van der Waals surface area contributed by atoms with Gasteiger partial charge in [0.05, 0.1) is 21.8 Å². The van der Waals surface area contributed by atoms with E-state index in [1.165, 1.54) is 24.3 Å². The van der Waals surface area contributed by atoms with Crippen molar-refractivity contribution in [1.82, 2.24) is 0 Å². The Morgan fingerprint density at radius 2 is 1.41 bits per heavy atom. The number of carbonyl (C=O) groups excluding carboxylic acids is 2. The molecule has 0 aliphatic carbocycles. The van der Waals surface area contributed by atoms with Gasteiger partial charge in [-0.3, -0.25) is 9.59 Å². The molecule has 0 fully saturated rings. The third kappa shape index (κ3) is 4.62. The summed E-state index contributed by atoms with van der Waals surface area (Å²) in [6.45, 7) is 1.84. The molecule has 3 aromatic rings. The van der Waals surface area contributed by atoms with Gasteiger partial charge in [-0.25, -0.2) is 4.79 Å². The van der Waals surface area contributed by atoms with Gasteiger partial charge in [0.15, 0.2) is 0 Å². The summed E-state index contributed by atoms with van der Waals surface area (Å²) in [5, 5.41) is 14.6. The van der Waals surface area contributed by atoms with Crippen molar-refractivity contribution in [2.75, 3.05) is 10.6 Å². The molecule has 3 aromatic carbocycles. The molecule has 0 unspecified atom stereocenters. The highest BCUT2D eigenvalue weighted by atomic mass is 35.5. The van der Waals surface area contributed by atoms with Crippen LogP contribution in [0.3, 0.4) is 0 Å². The highest BCUT2D eigenvalue weighted by molar-refractivity contribution is 6.35. The minimum atomic E-state index is -1.15. The Bertz CT molecular complexity index is 1110. The van der Waals surface area contributed by atoms with E-state index in [4.69, 9.17) is 11.6 Å². The monoisotopic (exact) mass is 408 g/mol. The standard InChI is InChI=1S/C22H17ClN2O4/c1-13-6-2-3-7-15(13)20(26)24-14-10-11-16(18(23)12-14)21(27)25-19-9-5-4-8-17(19)22(28)29/h2-12H,1H3,(H,24,26)(H,25,27)(H,28,29). The highest BCUT2D eigenvalue weighted by Crippen LogP contribution is 2.24. The molecule has 0 aliphatic rings. The molecule has 0 heterocycles. The second-order valence-electron chi connectivity index (χ2n) is 6.27. The zero-order chi connectivity index (χ0) is 21.0. The molecule has 146 valence electrons. The molecular formula is C22H17ClN2O4. The first-order chi connectivity index (χ1) is 13.9. The quantitative estimate of drug-likeness (QED) is 0.562. The molecule has 0 atom stereocenters. The average molecular weight is 409 g/mol. The van der Waals surface area contributed by atoms with Crippen molar-refractivity contribution < 1.29 is 19.5 Å². The number of benzene rings is 3. The molecule has 29 heavy (non-hydrogen) atoms. The molecule has 0 aliphatic heterocycles. The van der Waals surface area contributed by atoms with Crippen molar-refractivity contribution in [2.45, 2.75) is 6.92 Å². The number of para-hydroxylation sites is 1. The Morgan fingerprint density at radius 1 is 0.793 bits per heavy atom. The number of carboxylic acid groups (broad SMARTS) is 1. The van der Waals surface area contributed by atoms with Crippen LogP contribution in [0.5, 0.6) is 0 Å². The summed E-state index contributed by atoms with van der Waals surface area (Å²) in [6, 6.07) is 17.7. The lowest BCUT2D eigenvalue weighted by Crippen LogP contribution is -2.16. The van der Waals surface area contributed by atoms with Crippen LogP contribution in [-0.4, -0.2) is 22.9 Å². The van der Waals surface area contributed by atoms with Crippen LogP contribution in [-0.2, 0) is 0 Å². The van der Waals surface area contributed by atoms with E-state index in [2.05, 4.69) is 10.6 Å². The molecule has 6 nitrogen and oxygen atoms in total. The highest BCUT2D eigenvalue weighted by Gasteiger charge is 2.16. The minimum Gasteiger partial charge on any atom is -0.478 e. The molecule has 0 spiro atoms. The maximum atomic E-state index is 12.5. The van der Waals surface area contributed by atoms with Crippen molar-refractivity contribution in [1.29, 1.82) is 0 Å². The maximum Gasteiger partial charge on any atom is 0.337 e. The van der Waals surface area contributed by atoms with Gasteiger partial charge in [-0.05, 0) is 48.9 Å². The van der Waals surface area contributed by atoms with E-state index in [1.807, 2.05) is 19.1 Å². The molecule has 3 N–H and O–H groups in total. The number of halogens is 1. The van der Waals surface area contributed by atoms with Crippen molar-refractivity contribution in [3.63, 3.8) is 0 Å². The molecule has 0 radical (unpaired) electrons. The Kier molecular flexibility index (Phi) is 5.95. The normalized spacial score (nSPS) is 10.3. The number of nitrogens with one attached hydrogen (secondary N) is 2. The molecule has 2 amide bonds. The summed E-state index contributed by atoms with van der Waals surface area (Å²) in [6.07, 6.45) is 0. The van der Waals surface area contributed by atoms with E-state index in [1.54, 1.807) is 30.3 Å². The zero-order valence-electron chi connectivity index (χ0n) is 15.4. The first-order valence-corrected chi connectivity index (χ1v) is 9.05. The van der Waals surface area contributed by atoms with Crippen LogP contribution in [0.15, 0.2) is 66.7 Å². The summed E-state index contributed by atoms with van der Waals surface area (Å²) in [5.74, 6) is -1.99. The van der Waals surface area contributed by atoms with Crippen LogP contribution in [0.4, 0.5) is 11.4 Å². The van der Waals surface area contributed by atoms with Gasteiger partial charge in [0.1, 0.15) is 0 Å². The number of carbonyl (C=O) groups is 3. The van der Waals surface area contributed by atoms with E-state index in [9.17, 15) is 19.5 Å². The number of hydrogen-bond donors (Lipinski definition) is 3. The number of carboxylic acids is 1. The van der Waals surface area contributed by atoms with E-state index < -0.39 is 11.9 Å². The predicted octanol–water partition coefficient (Wildman–Crippen LogP) is 4.85. The van der Waals surface area contributed by atoms with Gasteiger partial charge in [0, 0.05) is 11.3 Å². The van der Waals surface area contributed by atoms with E-state index in [-0.39, 0.29) is 27.7 Å². The number of aryl methyl sites for hydroxylation is 1. The molecule has 0 bridgehead atoms.